The van der Waals surface area contributed by atoms with E-state index >= 15 is 0 Å². The van der Waals surface area contributed by atoms with Gasteiger partial charge in [0.25, 0.3) is 0 Å². The summed E-state index contributed by atoms with van der Waals surface area (Å²) in [4.78, 5) is 4.47. The van der Waals surface area contributed by atoms with Crippen LogP contribution in [0.3, 0.4) is 0 Å². The predicted octanol–water partition coefficient (Wildman–Crippen LogP) is 5.75. The second-order valence-electron chi connectivity index (χ2n) is 5.54. The van der Waals surface area contributed by atoms with E-state index in [4.69, 9.17) is 9.15 Å². The number of aryl methyl sites for hydroxylation is 3. The lowest BCUT2D eigenvalue weighted by molar-refractivity contribution is 0.482. The summed E-state index contributed by atoms with van der Waals surface area (Å²) in [6.45, 7) is 5.92. The molecule has 0 amide bonds. The third-order valence-electron chi connectivity index (χ3n) is 3.53. The number of ether oxygens (including phenoxy) is 1. The number of rotatable bonds is 4. The van der Waals surface area contributed by atoms with Crippen molar-refractivity contribution in [1.82, 2.24) is 0 Å². The average molecular weight is 305 g/mol. The van der Waals surface area contributed by atoms with Crippen molar-refractivity contribution in [2.24, 2.45) is 4.99 Å². The monoisotopic (exact) mass is 305 g/mol. The lowest BCUT2D eigenvalue weighted by Crippen LogP contribution is -1.84. The summed E-state index contributed by atoms with van der Waals surface area (Å²) >= 11 is 0. The highest BCUT2D eigenvalue weighted by molar-refractivity contribution is 5.83. The van der Waals surface area contributed by atoms with Gasteiger partial charge in [-0.1, -0.05) is 17.7 Å². The van der Waals surface area contributed by atoms with Crippen LogP contribution in [0, 0.1) is 20.8 Å². The molecule has 0 aliphatic rings. The van der Waals surface area contributed by atoms with E-state index in [2.05, 4.69) is 11.9 Å². The second kappa shape index (κ2) is 6.53. The fraction of sp³-hybridized carbons (Fsp3) is 0.150. The maximum Gasteiger partial charge on any atom is 0.127 e. The number of nitrogens with zero attached hydrogens (tertiary/aromatic N) is 1. The second-order valence-corrected chi connectivity index (χ2v) is 5.54. The van der Waals surface area contributed by atoms with E-state index in [0.29, 0.717) is 0 Å². The topological polar surface area (TPSA) is 34.7 Å². The molecule has 3 rings (SSSR count). The number of hydrogen-bond donors (Lipinski definition) is 0. The Bertz CT molecular complexity index is 812. The minimum atomic E-state index is 0.795. The Balaban J connectivity index is 1.69. The van der Waals surface area contributed by atoms with Crippen molar-refractivity contribution in [3.8, 4) is 11.5 Å². The molecule has 0 aliphatic carbocycles. The van der Waals surface area contributed by atoms with Gasteiger partial charge in [0.15, 0.2) is 0 Å². The minimum absolute atomic E-state index is 0.795. The van der Waals surface area contributed by atoms with Gasteiger partial charge >= 0.3 is 0 Å². The van der Waals surface area contributed by atoms with Crippen LogP contribution in [-0.2, 0) is 0 Å². The van der Waals surface area contributed by atoms with Crippen LogP contribution in [0.25, 0.3) is 0 Å². The number of hydrogen-bond acceptors (Lipinski definition) is 3. The number of benzene rings is 2. The van der Waals surface area contributed by atoms with Crippen molar-refractivity contribution in [2.45, 2.75) is 20.8 Å². The molecule has 3 heteroatoms. The van der Waals surface area contributed by atoms with Crippen molar-refractivity contribution in [3.05, 3.63) is 77.2 Å². The molecule has 0 radical (unpaired) electrons. The summed E-state index contributed by atoms with van der Waals surface area (Å²) in [7, 11) is 0. The van der Waals surface area contributed by atoms with E-state index in [-0.39, 0.29) is 0 Å². The Morgan fingerprint density at radius 3 is 2.04 bits per heavy atom. The summed E-state index contributed by atoms with van der Waals surface area (Å²) < 4.78 is 11.3. The normalized spacial score (nSPS) is 11.1. The highest BCUT2D eigenvalue weighted by atomic mass is 16.5. The van der Waals surface area contributed by atoms with Gasteiger partial charge in [-0.3, -0.25) is 4.99 Å². The number of furan rings is 1. The van der Waals surface area contributed by atoms with Crippen molar-refractivity contribution in [3.63, 3.8) is 0 Å². The molecule has 0 saturated heterocycles. The predicted molar refractivity (Wildman–Crippen MR) is 93.1 cm³/mol. The van der Waals surface area contributed by atoms with Crippen LogP contribution in [0.2, 0.25) is 0 Å². The highest BCUT2D eigenvalue weighted by Crippen LogP contribution is 2.24. The van der Waals surface area contributed by atoms with Crippen molar-refractivity contribution >= 4 is 11.9 Å². The van der Waals surface area contributed by atoms with E-state index in [1.54, 1.807) is 0 Å². The molecule has 0 saturated carbocycles. The SMILES string of the molecule is Cc1ccc(Oc2ccc(N=Cc3cc(C)oc3C)cc2)cc1. The van der Waals surface area contributed by atoms with E-state index < -0.39 is 0 Å². The van der Waals surface area contributed by atoms with Crippen LogP contribution in [0.4, 0.5) is 5.69 Å². The summed E-state index contributed by atoms with van der Waals surface area (Å²) in [5, 5.41) is 0. The number of aliphatic imine (C=N–C) groups is 1. The minimum Gasteiger partial charge on any atom is -0.466 e. The molecule has 1 aromatic heterocycles. The van der Waals surface area contributed by atoms with E-state index in [9.17, 15) is 0 Å². The van der Waals surface area contributed by atoms with Gasteiger partial charge in [0.1, 0.15) is 23.0 Å². The van der Waals surface area contributed by atoms with Gasteiger partial charge in [-0.15, -0.1) is 0 Å². The first kappa shape index (κ1) is 15.1. The molecule has 3 nitrogen and oxygen atoms in total. The molecule has 0 atom stereocenters. The molecule has 2 aromatic carbocycles. The van der Waals surface area contributed by atoms with Gasteiger partial charge in [0.05, 0.1) is 5.69 Å². The summed E-state index contributed by atoms with van der Waals surface area (Å²) in [6, 6.07) is 17.7. The van der Waals surface area contributed by atoms with Crippen LogP contribution in [0.15, 0.2) is 64.0 Å². The van der Waals surface area contributed by atoms with E-state index in [0.717, 1.165) is 34.3 Å². The lowest BCUT2D eigenvalue weighted by Gasteiger charge is -2.05. The molecule has 0 N–H and O–H groups in total. The Morgan fingerprint density at radius 2 is 1.48 bits per heavy atom. The summed E-state index contributed by atoms with van der Waals surface area (Å²) in [5.74, 6) is 3.40. The highest BCUT2D eigenvalue weighted by Gasteiger charge is 2.01. The molecule has 0 bridgehead atoms. The fourth-order valence-corrected chi connectivity index (χ4v) is 2.27. The standard InChI is InChI=1S/C20H19NO2/c1-14-4-8-19(9-5-14)23-20-10-6-18(7-11-20)21-13-17-12-15(2)22-16(17)3/h4-13H,1-3H3. The van der Waals surface area contributed by atoms with Crippen molar-refractivity contribution in [1.29, 1.82) is 0 Å². The van der Waals surface area contributed by atoms with Crippen LogP contribution in [-0.4, -0.2) is 6.21 Å². The zero-order valence-electron chi connectivity index (χ0n) is 13.5. The lowest BCUT2D eigenvalue weighted by atomic mass is 10.2. The maximum absolute atomic E-state index is 5.81. The first-order valence-corrected chi connectivity index (χ1v) is 7.56. The van der Waals surface area contributed by atoms with Crippen LogP contribution in [0.5, 0.6) is 11.5 Å². The Labute approximate surface area is 136 Å². The maximum atomic E-state index is 5.81. The summed E-state index contributed by atoms with van der Waals surface area (Å²) in [5.41, 5.74) is 3.09. The Kier molecular flexibility index (Phi) is 4.29. The van der Waals surface area contributed by atoms with Gasteiger partial charge in [0, 0.05) is 11.8 Å². The molecular formula is C20H19NO2. The van der Waals surface area contributed by atoms with E-state index in [1.807, 2.05) is 74.7 Å². The molecule has 0 aliphatic heterocycles. The van der Waals surface area contributed by atoms with Gasteiger partial charge in [0.2, 0.25) is 0 Å². The molecule has 23 heavy (non-hydrogen) atoms. The fourth-order valence-electron chi connectivity index (χ4n) is 2.27. The van der Waals surface area contributed by atoms with Crippen LogP contribution >= 0.6 is 0 Å². The van der Waals surface area contributed by atoms with Crippen LogP contribution in [0.1, 0.15) is 22.6 Å². The first-order valence-electron chi connectivity index (χ1n) is 7.56. The smallest absolute Gasteiger partial charge is 0.127 e. The van der Waals surface area contributed by atoms with Crippen LogP contribution < -0.4 is 4.74 Å². The third-order valence-corrected chi connectivity index (χ3v) is 3.53. The first-order chi connectivity index (χ1) is 11.1. The van der Waals surface area contributed by atoms with Gasteiger partial charge in [-0.2, -0.15) is 0 Å². The molecule has 0 fully saturated rings. The zero-order chi connectivity index (χ0) is 16.2. The largest absolute Gasteiger partial charge is 0.466 e. The molecule has 116 valence electrons. The third kappa shape index (κ3) is 3.89. The van der Waals surface area contributed by atoms with Gasteiger partial charge < -0.3 is 9.15 Å². The molecule has 1 heterocycles. The quantitative estimate of drug-likeness (QED) is 0.575. The van der Waals surface area contributed by atoms with Crippen molar-refractivity contribution in [2.75, 3.05) is 0 Å². The zero-order valence-corrected chi connectivity index (χ0v) is 13.5. The Hall–Kier alpha value is -2.81. The molecular weight excluding hydrogens is 286 g/mol. The molecule has 0 spiro atoms. The molecule has 3 aromatic rings. The average Bonchev–Trinajstić information content (AvgIpc) is 2.87. The Morgan fingerprint density at radius 1 is 0.870 bits per heavy atom. The van der Waals surface area contributed by atoms with Gasteiger partial charge in [-0.05, 0) is 63.2 Å². The summed E-state index contributed by atoms with van der Waals surface area (Å²) in [6.07, 6.45) is 1.82. The van der Waals surface area contributed by atoms with E-state index in [1.165, 1.54) is 5.56 Å². The van der Waals surface area contributed by atoms with Gasteiger partial charge in [-0.25, -0.2) is 0 Å². The molecule has 0 unspecified atom stereocenters. The van der Waals surface area contributed by atoms with Crippen molar-refractivity contribution < 1.29 is 9.15 Å².